The highest BCUT2D eigenvalue weighted by Crippen LogP contribution is 2.33. The lowest BCUT2D eigenvalue weighted by molar-refractivity contribution is 0.0984. The first kappa shape index (κ1) is 13.7. The van der Waals surface area contributed by atoms with E-state index in [1.54, 1.807) is 6.07 Å². The van der Waals surface area contributed by atoms with E-state index in [0.717, 1.165) is 24.2 Å². The van der Waals surface area contributed by atoms with E-state index in [1.165, 1.54) is 6.42 Å². The lowest BCUT2D eigenvalue weighted by Gasteiger charge is -2.32. The van der Waals surface area contributed by atoms with Crippen molar-refractivity contribution in [1.29, 1.82) is 0 Å². The zero-order chi connectivity index (χ0) is 13.1. The Morgan fingerprint density at radius 2 is 1.89 bits per heavy atom. The Labute approximate surface area is 114 Å². The largest absolute Gasteiger partial charge is 0.490 e. The van der Waals surface area contributed by atoms with Gasteiger partial charge in [-0.25, -0.2) is 0 Å². The minimum atomic E-state index is -0.0340. The minimum Gasteiger partial charge on any atom is -0.490 e. The minimum absolute atomic E-state index is 0.0340. The first-order chi connectivity index (χ1) is 8.58. The number of hydrogen-bond acceptors (Lipinski definition) is 2. The molecule has 1 saturated carbocycles. The van der Waals surface area contributed by atoms with Gasteiger partial charge in [-0.2, -0.15) is 0 Å². The van der Waals surface area contributed by atoms with Gasteiger partial charge < -0.3 is 9.84 Å². The fourth-order valence-electron chi connectivity index (χ4n) is 2.94. The van der Waals surface area contributed by atoms with Crippen molar-refractivity contribution in [3.63, 3.8) is 0 Å². The molecule has 2 rings (SSSR count). The Kier molecular flexibility index (Phi) is 4.52. The van der Waals surface area contributed by atoms with Crippen molar-refractivity contribution in [2.45, 2.75) is 45.8 Å². The Morgan fingerprint density at radius 3 is 2.50 bits per heavy atom. The summed E-state index contributed by atoms with van der Waals surface area (Å²) in [7, 11) is 0. The molecule has 1 aliphatic rings. The predicted octanol–water partition coefficient (Wildman–Crippen LogP) is 4.04. The summed E-state index contributed by atoms with van der Waals surface area (Å²) in [6, 6.07) is 5.44. The van der Waals surface area contributed by atoms with Crippen molar-refractivity contribution in [3.05, 3.63) is 28.8 Å². The number of rotatable bonds is 3. The van der Waals surface area contributed by atoms with E-state index in [-0.39, 0.29) is 12.7 Å². The maximum atomic E-state index is 9.34. The average Bonchev–Trinajstić information content (AvgIpc) is 2.30. The zero-order valence-corrected chi connectivity index (χ0v) is 11.8. The standard InChI is InChI=1S/C15H21ClO2/c1-10-5-11(2)7-14(6-10)18-15-4-3-13(16)8-12(15)9-17/h3-4,8,10-11,14,17H,5-7,9H2,1-2H3. The van der Waals surface area contributed by atoms with Gasteiger partial charge in [0.1, 0.15) is 5.75 Å². The van der Waals surface area contributed by atoms with E-state index in [4.69, 9.17) is 16.3 Å². The zero-order valence-electron chi connectivity index (χ0n) is 11.0. The molecule has 0 saturated heterocycles. The topological polar surface area (TPSA) is 29.5 Å². The molecule has 2 unspecified atom stereocenters. The van der Waals surface area contributed by atoms with Crippen LogP contribution in [0.15, 0.2) is 18.2 Å². The van der Waals surface area contributed by atoms with Crippen LogP contribution < -0.4 is 4.74 Å². The van der Waals surface area contributed by atoms with Crippen LogP contribution in [0.4, 0.5) is 0 Å². The molecule has 1 aromatic carbocycles. The highest BCUT2D eigenvalue weighted by molar-refractivity contribution is 6.30. The fraction of sp³-hybridized carbons (Fsp3) is 0.600. The number of aliphatic hydroxyl groups is 1. The molecular formula is C15H21ClO2. The van der Waals surface area contributed by atoms with E-state index in [1.807, 2.05) is 12.1 Å². The summed E-state index contributed by atoms with van der Waals surface area (Å²) in [5.74, 6) is 2.19. The van der Waals surface area contributed by atoms with E-state index < -0.39 is 0 Å². The predicted molar refractivity (Wildman–Crippen MR) is 74.0 cm³/mol. The molecule has 1 aliphatic carbocycles. The number of hydrogen-bond donors (Lipinski definition) is 1. The quantitative estimate of drug-likeness (QED) is 0.897. The van der Waals surface area contributed by atoms with Gasteiger partial charge in [-0.3, -0.25) is 0 Å². The molecule has 0 bridgehead atoms. The fourth-order valence-corrected chi connectivity index (χ4v) is 3.13. The highest BCUT2D eigenvalue weighted by Gasteiger charge is 2.25. The third kappa shape index (κ3) is 3.39. The van der Waals surface area contributed by atoms with Gasteiger partial charge in [-0.05, 0) is 49.3 Å². The number of benzene rings is 1. The van der Waals surface area contributed by atoms with Gasteiger partial charge in [0.15, 0.2) is 0 Å². The SMILES string of the molecule is CC1CC(C)CC(Oc2ccc(Cl)cc2CO)C1. The lowest BCUT2D eigenvalue weighted by Crippen LogP contribution is -2.28. The van der Waals surface area contributed by atoms with Crippen molar-refractivity contribution >= 4 is 11.6 Å². The summed E-state index contributed by atoms with van der Waals surface area (Å²) in [5.41, 5.74) is 0.772. The first-order valence-corrected chi connectivity index (χ1v) is 7.02. The van der Waals surface area contributed by atoms with Crippen molar-refractivity contribution < 1.29 is 9.84 Å². The third-order valence-electron chi connectivity index (χ3n) is 3.62. The Morgan fingerprint density at radius 1 is 1.22 bits per heavy atom. The lowest BCUT2D eigenvalue weighted by atomic mass is 9.82. The van der Waals surface area contributed by atoms with Gasteiger partial charge in [-0.1, -0.05) is 25.4 Å². The van der Waals surface area contributed by atoms with Gasteiger partial charge in [0.05, 0.1) is 12.7 Å². The van der Waals surface area contributed by atoms with E-state index in [2.05, 4.69) is 13.8 Å². The van der Waals surface area contributed by atoms with Crippen molar-refractivity contribution in [1.82, 2.24) is 0 Å². The van der Waals surface area contributed by atoms with Crippen molar-refractivity contribution in [3.8, 4) is 5.75 Å². The number of halogens is 1. The van der Waals surface area contributed by atoms with Gasteiger partial charge >= 0.3 is 0 Å². The second-order valence-corrected chi connectivity index (χ2v) is 6.00. The molecule has 100 valence electrons. The molecule has 18 heavy (non-hydrogen) atoms. The number of aliphatic hydroxyl groups excluding tert-OH is 1. The van der Waals surface area contributed by atoms with Crippen molar-refractivity contribution in [2.24, 2.45) is 11.8 Å². The summed E-state index contributed by atoms with van der Waals surface area (Å²) in [4.78, 5) is 0. The van der Waals surface area contributed by atoms with Crippen LogP contribution in [0.25, 0.3) is 0 Å². The maximum Gasteiger partial charge on any atom is 0.125 e. The first-order valence-electron chi connectivity index (χ1n) is 6.64. The summed E-state index contributed by atoms with van der Waals surface area (Å²) in [6.07, 6.45) is 3.73. The Bertz CT molecular complexity index is 395. The van der Waals surface area contributed by atoms with Gasteiger partial charge in [0.25, 0.3) is 0 Å². The average molecular weight is 269 g/mol. The normalized spacial score (nSPS) is 28.1. The molecule has 0 spiro atoms. The second-order valence-electron chi connectivity index (χ2n) is 5.57. The molecule has 0 heterocycles. The smallest absolute Gasteiger partial charge is 0.125 e. The highest BCUT2D eigenvalue weighted by atomic mass is 35.5. The van der Waals surface area contributed by atoms with Crippen LogP contribution in [0, 0.1) is 11.8 Å². The molecule has 2 nitrogen and oxygen atoms in total. The molecule has 3 heteroatoms. The van der Waals surface area contributed by atoms with Gasteiger partial charge in [0.2, 0.25) is 0 Å². The summed E-state index contributed by atoms with van der Waals surface area (Å²) in [5, 5.41) is 9.97. The molecule has 1 fully saturated rings. The van der Waals surface area contributed by atoms with Crippen LogP contribution in [0.3, 0.4) is 0 Å². The van der Waals surface area contributed by atoms with Gasteiger partial charge in [0, 0.05) is 10.6 Å². The summed E-state index contributed by atoms with van der Waals surface area (Å²) < 4.78 is 6.05. The molecule has 2 atom stereocenters. The van der Waals surface area contributed by atoms with Crippen LogP contribution in [-0.2, 0) is 6.61 Å². The molecule has 0 aliphatic heterocycles. The second kappa shape index (κ2) is 5.94. The van der Waals surface area contributed by atoms with Crippen LogP contribution in [-0.4, -0.2) is 11.2 Å². The summed E-state index contributed by atoms with van der Waals surface area (Å²) >= 11 is 5.92. The third-order valence-corrected chi connectivity index (χ3v) is 3.86. The molecule has 1 N–H and O–H groups in total. The molecule has 0 amide bonds. The molecular weight excluding hydrogens is 248 g/mol. The van der Waals surface area contributed by atoms with E-state index in [9.17, 15) is 5.11 Å². The molecule has 1 aromatic rings. The number of ether oxygens (including phenoxy) is 1. The monoisotopic (exact) mass is 268 g/mol. The van der Waals surface area contributed by atoms with Gasteiger partial charge in [-0.15, -0.1) is 0 Å². The van der Waals surface area contributed by atoms with E-state index >= 15 is 0 Å². The molecule has 0 aromatic heterocycles. The van der Waals surface area contributed by atoms with E-state index in [0.29, 0.717) is 16.9 Å². The Hall–Kier alpha value is -0.730. The van der Waals surface area contributed by atoms with Crippen molar-refractivity contribution in [2.75, 3.05) is 0 Å². The molecule has 0 radical (unpaired) electrons. The van der Waals surface area contributed by atoms with Crippen LogP contribution in [0.2, 0.25) is 5.02 Å². The van der Waals surface area contributed by atoms with Crippen LogP contribution in [0.1, 0.15) is 38.7 Å². The van der Waals surface area contributed by atoms with Crippen LogP contribution >= 0.6 is 11.6 Å². The van der Waals surface area contributed by atoms with Crippen LogP contribution in [0.5, 0.6) is 5.75 Å². The summed E-state index contributed by atoms with van der Waals surface area (Å²) in [6.45, 7) is 4.52. The Balaban J connectivity index is 2.08. The maximum absolute atomic E-state index is 9.34.